The first-order valence-electron chi connectivity index (χ1n) is 8.40. The summed E-state index contributed by atoms with van der Waals surface area (Å²) in [7, 11) is 1.67. The summed E-state index contributed by atoms with van der Waals surface area (Å²) < 4.78 is 5.23. The number of thiophene rings is 1. The van der Waals surface area contributed by atoms with E-state index in [1.165, 1.54) is 4.88 Å². The van der Waals surface area contributed by atoms with Crippen LogP contribution in [0.25, 0.3) is 0 Å². The second kappa shape index (κ2) is 8.31. The van der Waals surface area contributed by atoms with Gasteiger partial charge in [-0.05, 0) is 35.6 Å². The first-order chi connectivity index (χ1) is 11.7. The molecule has 0 bridgehead atoms. The van der Waals surface area contributed by atoms with Gasteiger partial charge in [0, 0.05) is 44.0 Å². The first-order valence-corrected chi connectivity index (χ1v) is 9.28. The molecule has 1 aliphatic heterocycles. The van der Waals surface area contributed by atoms with Gasteiger partial charge in [-0.15, -0.1) is 11.3 Å². The van der Waals surface area contributed by atoms with E-state index in [1.54, 1.807) is 18.4 Å². The molecule has 1 aromatic carbocycles. The van der Waals surface area contributed by atoms with Crippen molar-refractivity contribution in [3.8, 4) is 5.75 Å². The minimum Gasteiger partial charge on any atom is -0.497 e. The third-order valence-corrected chi connectivity index (χ3v) is 5.31. The molecule has 0 saturated carbocycles. The van der Waals surface area contributed by atoms with E-state index in [0.29, 0.717) is 6.42 Å². The van der Waals surface area contributed by atoms with Gasteiger partial charge in [-0.3, -0.25) is 9.69 Å². The molecule has 128 valence electrons. The fraction of sp³-hybridized carbons (Fsp3) is 0.421. The molecule has 1 saturated heterocycles. The third kappa shape index (κ3) is 4.58. The normalized spacial score (nSPS) is 15.5. The van der Waals surface area contributed by atoms with Gasteiger partial charge in [-0.25, -0.2) is 0 Å². The Bertz CT molecular complexity index is 649. The second-order valence-corrected chi connectivity index (χ2v) is 7.12. The van der Waals surface area contributed by atoms with Gasteiger partial charge < -0.3 is 9.64 Å². The minimum atomic E-state index is 0.258. The van der Waals surface area contributed by atoms with Crippen molar-refractivity contribution in [2.75, 3.05) is 33.3 Å². The molecule has 3 rings (SSSR count). The van der Waals surface area contributed by atoms with Crippen molar-refractivity contribution in [3.05, 3.63) is 52.2 Å². The zero-order valence-corrected chi connectivity index (χ0v) is 14.9. The van der Waals surface area contributed by atoms with E-state index in [2.05, 4.69) is 28.5 Å². The highest BCUT2D eigenvalue weighted by molar-refractivity contribution is 7.09. The number of piperazine rings is 1. The van der Waals surface area contributed by atoms with E-state index >= 15 is 0 Å². The standard InChI is InChI=1S/C19H24N2O2S/c1-23-17-5-2-4-16(14-17)7-8-19(22)21-11-9-20(10-12-21)15-18-6-3-13-24-18/h2-6,13-14H,7-12,15H2,1H3. The summed E-state index contributed by atoms with van der Waals surface area (Å²) in [6.07, 6.45) is 1.34. The van der Waals surface area contributed by atoms with Crippen LogP contribution in [0.4, 0.5) is 0 Å². The SMILES string of the molecule is COc1cccc(CCC(=O)N2CCN(Cc3cccs3)CC2)c1. The maximum Gasteiger partial charge on any atom is 0.222 e. The molecular weight excluding hydrogens is 320 g/mol. The van der Waals surface area contributed by atoms with Crippen LogP contribution in [0.2, 0.25) is 0 Å². The lowest BCUT2D eigenvalue weighted by Crippen LogP contribution is -2.48. The number of hydrogen-bond acceptors (Lipinski definition) is 4. The average molecular weight is 344 g/mol. The van der Waals surface area contributed by atoms with Crippen LogP contribution in [0.5, 0.6) is 5.75 Å². The van der Waals surface area contributed by atoms with Gasteiger partial charge in [0.2, 0.25) is 5.91 Å². The monoisotopic (exact) mass is 344 g/mol. The van der Waals surface area contributed by atoms with Crippen LogP contribution in [-0.4, -0.2) is 49.0 Å². The summed E-state index contributed by atoms with van der Waals surface area (Å²) in [6.45, 7) is 4.60. The minimum absolute atomic E-state index is 0.258. The smallest absolute Gasteiger partial charge is 0.222 e. The van der Waals surface area contributed by atoms with Crippen LogP contribution in [0.1, 0.15) is 16.9 Å². The summed E-state index contributed by atoms with van der Waals surface area (Å²) in [6, 6.07) is 12.2. The molecule has 0 unspecified atom stereocenters. The van der Waals surface area contributed by atoms with Gasteiger partial charge in [0.25, 0.3) is 0 Å². The van der Waals surface area contributed by atoms with Crippen molar-refractivity contribution >= 4 is 17.2 Å². The average Bonchev–Trinajstić information content (AvgIpc) is 3.13. The lowest BCUT2D eigenvalue weighted by molar-refractivity contribution is -0.132. The van der Waals surface area contributed by atoms with Gasteiger partial charge in [-0.1, -0.05) is 18.2 Å². The summed E-state index contributed by atoms with van der Waals surface area (Å²) in [5.74, 6) is 1.11. The molecule has 1 amide bonds. The molecule has 1 fully saturated rings. The molecule has 0 radical (unpaired) electrons. The first kappa shape index (κ1) is 17.0. The van der Waals surface area contributed by atoms with Gasteiger partial charge in [0.05, 0.1) is 7.11 Å². The van der Waals surface area contributed by atoms with Crippen molar-refractivity contribution < 1.29 is 9.53 Å². The number of amides is 1. The molecule has 2 heterocycles. The molecule has 0 N–H and O–H groups in total. The third-order valence-electron chi connectivity index (χ3n) is 4.45. The van der Waals surface area contributed by atoms with Crippen LogP contribution in [0, 0.1) is 0 Å². The Kier molecular flexibility index (Phi) is 5.88. The highest BCUT2D eigenvalue weighted by Gasteiger charge is 2.21. The van der Waals surface area contributed by atoms with Crippen LogP contribution in [0.15, 0.2) is 41.8 Å². The molecule has 2 aromatic rings. The number of carbonyl (C=O) groups excluding carboxylic acids is 1. The molecule has 0 aliphatic carbocycles. The second-order valence-electron chi connectivity index (χ2n) is 6.09. The lowest BCUT2D eigenvalue weighted by Gasteiger charge is -2.34. The highest BCUT2D eigenvalue weighted by Crippen LogP contribution is 2.16. The summed E-state index contributed by atoms with van der Waals surface area (Å²) in [4.78, 5) is 18.3. The fourth-order valence-corrected chi connectivity index (χ4v) is 3.76. The quantitative estimate of drug-likeness (QED) is 0.807. The molecule has 5 heteroatoms. The van der Waals surface area contributed by atoms with Crippen molar-refractivity contribution in [1.82, 2.24) is 9.80 Å². The Morgan fingerprint density at radius 2 is 2.00 bits per heavy atom. The predicted octanol–water partition coefficient (Wildman–Crippen LogP) is 3.03. The van der Waals surface area contributed by atoms with E-state index in [4.69, 9.17) is 4.74 Å². The maximum atomic E-state index is 12.4. The van der Waals surface area contributed by atoms with E-state index < -0.39 is 0 Å². The zero-order valence-electron chi connectivity index (χ0n) is 14.1. The number of benzene rings is 1. The van der Waals surface area contributed by atoms with Crippen molar-refractivity contribution in [2.45, 2.75) is 19.4 Å². The number of ether oxygens (including phenoxy) is 1. The van der Waals surface area contributed by atoms with E-state index in [1.807, 2.05) is 23.1 Å². The Labute approximate surface area is 147 Å². The Hall–Kier alpha value is -1.85. The van der Waals surface area contributed by atoms with Gasteiger partial charge in [-0.2, -0.15) is 0 Å². The van der Waals surface area contributed by atoms with Crippen LogP contribution in [-0.2, 0) is 17.8 Å². The van der Waals surface area contributed by atoms with Crippen molar-refractivity contribution in [3.63, 3.8) is 0 Å². The number of methoxy groups -OCH3 is 1. The predicted molar refractivity (Wildman–Crippen MR) is 97.5 cm³/mol. The fourth-order valence-electron chi connectivity index (χ4n) is 3.02. The van der Waals surface area contributed by atoms with Crippen LogP contribution < -0.4 is 4.74 Å². The Morgan fingerprint density at radius 1 is 1.17 bits per heavy atom. The summed E-state index contributed by atoms with van der Waals surface area (Å²) in [5.41, 5.74) is 1.15. The number of aryl methyl sites for hydroxylation is 1. The van der Waals surface area contributed by atoms with E-state index in [9.17, 15) is 4.79 Å². The topological polar surface area (TPSA) is 32.8 Å². The molecular formula is C19H24N2O2S. The molecule has 0 atom stereocenters. The van der Waals surface area contributed by atoms with Crippen LogP contribution in [0.3, 0.4) is 0 Å². The molecule has 1 aliphatic rings. The van der Waals surface area contributed by atoms with Gasteiger partial charge >= 0.3 is 0 Å². The van der Waals surface area contributed by atoms with E-state index in [-0.39, 0.29) is 5.91 Å². The van der Waals surface area contributed by atoms with Gasteiger partial charge in [0.1, 0.15) is 5.75 Å². The van der Waals surface area contributed by atoms with Gasteiger partial charge in [0.15, 0.2) is 0 Å². The summed E-state index contributed by atoms with van der Waals surface area (Å²) in [5, 5.41) is 2.12. The molecule has 0 spiro atoms. The lowest BCUT2D eigenvalue weighted by atomic mass is 10.1. The number of carbonyl (C=O) groups is 1. The zero-order chi connectivity index (χ0) is 16.8. The Morgan fingerprint density at radius 3 is 2.71 bits per heavy atom. The number of rotatable bonds is 6. The molecule has 1 aromatic heterocycles. The molecule has 24 heavy (non-hydrogen) atoms. The highest BCUT2D eigenvalue weighted by atomic mass is 32.1. The largest absolute Gasteiger partial charge is 0.497 e. The van der Waals surface area contributed by atoms with Crippen molar-refractivity contribution in [1.29, 1.82) is 0 Å². The Balaban J connectivity index is 1.43. The maximum absolute atomic E-state index is 12.4. The number of hydrogen-bond donors (Lipinski definition) is 0. The number of nitrogens with zero attached hydrogens (tertiary/aromatic N) is 2. The summed E-state index contributed by atoms with van der Waals surface area (Å²) >= 11 is 1.80. The molecule has 4 nitrogen and oxygen atoms in total. The van der Waals surface area contributed by atoms with Crippen molar-refractivity contribution in [2.24, 2.45) is 0 Å². The van der Waals surface area contributed by atoms with E-state index in [0.717, 1.165) is 50.5 Å². The van der Waals surface area contributed by atoms with Crippen LogP contribution >= 0.6 is 11.3 Å².